The van der Waals surface area contributed by atoms with Crippen LogP contribution in [-0.4, -0.2) is 42.6 Å². The Labute approximate surface area is 146 Å². The van der Waals surface area contributed by atoms with Crippen LogP contribution in [-0.2, 0) is 21.1 Å². The first-order valence-corrected chi connectivity index (χ1v) is 8.48. The highest BCUT2D eigenvalue weighted by atomic mass is 16.3. The van der Waals surface area contributed by atoms with Crippen molar-refractivity contribution in [2.45, 2.75) is 31.8 Å². The van der Waals surface area contributed by atoms with Gasteiger partial charge in [0.2, 0.25) is 0 Å². The molecular formula is C17H25N5O3. The molecule has 0 aromatic carbocycles. The van der Waals surface area contributed by atoms with Crippen molar-refractivity contribution in [3.05, 3.63) is 39.8 Å². The summed E-state index contributed by atoms with van der Waals surface area (Å²) in [5.74, 6) is 0.524. The third-order valence-corrected chi connectivity index (χ3v) is 5.31. The summed E-state index contributed by atoms with van der Waals surface area (Å²) < 4.78 is 4.69. The van der Waals surface area contributed by atoms with Crippen LogP contribution in [0.1, 0.15) is 40.8 Å². The monoisotopic (exact) mass is 347 g/mol. The van der Waals surface area contributed by atoms with Crippen LogP contribution in [0.3, 0.4) is 0 Å². The van der Waals surface area contributed by atoms with Crippen LogP contribution in [0, 0.1) is 12.8 Å². The first-order valence-electron chi connectivity index (χ1n) is 8.48. The molecule has 1 aliphatic rings. The maximum atomic E-state index is 12.3. The first kappa shape index (κ1) is 17.5. The molecule has 0 bridgehead atoms. The van der Waals surface area contributed by atoms with E-state index < -0.39 is 6.10 Å². The van der Waals surface area contributed by atoms with Gasteiger partial charge in [-0.1, -0.05) is 0 Å². The Morgan fingerprint density at radius 1 is 1.28 bits per heavy atom. The number of carbonyl (C=O) groups is 1. The molecule has 0 saturated heterocycles. The van der Waals surface area contributed by atoms with Crippen LogP contribution >= 0.6 is 0 Å². The Morgan fingerprint density at radius 3 is 2.56 bits per heavy atom. The topological polar surface area (TPSA) is 94.1 Å². The number of hydrogen-bond donors (Lipinski definition) is 2. The number of rotatable bonds is 4. The van der Waals surface area contributed by atoms with E-state index in [1.54, 1.807) is 20.2 Å². The number of hydrogen-bond acceptors (Lipinski definition) is 4. The predicted molar refractivity (Wildman–Crippen MR) is 92.4 cm³/mol. The fourth-order valence-electron chi connectivity index (χ4n) is 3.62. The zero-order chi connectivity index (χ0) is 18.3. The highest BCUT2D eigenvalue weighted by Crippen LogP contribution is 2.37. The molecule has 2 heterocycles. The molecule has 1 aliphatic carbocycles. The van der Waals surface area contributed by atoms with E-state index in [0.717, 1.165) is 5.69 Å². The molecule has 2 aromatic rings. The van der Waals surface area contributed by atoms with Crippen molar-refractivity contribution < 1.29 is 9.90 Å². The summed E-state index contributed by atoms with van der Waals surface area (Å²) in [6.07, 6.45) is 0.726. The van der Waals surface area contributed by atoms with Gasteiger partial charge >= 0.3 is 5.69 Å². The number of aryl methyl sites for hydroxylation is 2. The number of aliphatic hydroxyl groups is 1. The van der Waals surface area contributed by atoms with Crippen molar-refractivity contribution in [1.82, 2.24) is 24.2 Å². The van der Waals surface area contributed by atoms with Gasteiger partial charge in [0.1, 0.15) is 11.5 Å². The van der Waals surface area contributed by atoms with E-state index in [2.05, 4.69) is 10.4 Å². The summed E-state index contributed by atoms with van der Waals surface area (Å²) in [6.45, 7) is 2.35. The van der Waals surface area contributed by atoms with Crippen LogP contribution < -0.4 is 11.0 Å². The molecule has 25 heavy (non-hydrogen) atoms. The summed E-state index contributed by atoms with van der Waals surface area (Å²) in [5.41, 5.74) is 1.45. The average Bonchev–Trinajstić information content (AvgIpc) is 3.19. The summed E-state index contributed by atoms with van der Waals surface area (Å²) in [7, 11) is 5.17. The van der Waals surface area contributed by atoms with Crippen molar-refractivity contribution >= 4 is 5.91 Å². The Balaban J connectivity index is 1.64. The summed E-state index contributed by atoms with van der Waals surface area (Å²) in [4.78, 5) is 24.2. The number of nitrogens with zero attached hydrogens (tertiary/aromatic N) is 4. The molecule has 0 spiro atoms. The van der Waals surface area contributed by atoms with Gasteiger partial charge in [-0.05, 0) is 31.9 Å². The minimum atomic E-state index is -0.516. The van der Waals surface area contributed by atoms with Crippen LogP contribution in [0.2, 0.25) is 0 Å². The number of carbonyl (C=O) groups excluding carboxylic acids is 1. The molecule has 2 aromatic heterocycles. The van der Waals surface area contributed by atoms with Gasteiger partial charge in [0.15, 0.2) is 0 Å². The van der Waals surface area contributed by atoms with Gasteiger partial charge in [-0.25, -0.2) is 9.48 Å². The van der Waals surface area contributed by atoms with Crippen LogP contribution in [0.4, 0.5) is 0 Å². The average molecular weight is 347 g/mol. The molecule has 1 saturated carbocycles. The largest absolute Gasteiger partial charge is 0.393 e. The van der Waals surface area contributed by atoms with Crippen molar-refractivity contribution in [3.63, 3.8) is 0 Å². The maximum Gasteiger partial charge on any atom is 0.345 e. The smallest absolute Gasteiger partial charge is 0.345 e. The van der Waals surface area contributed by atoms with Gasteiger partial charge in [-0.15, -0.1) is 0 Å². The summed E-state index contributed by atoms with van der Waals surface area (Å²) >= 11 is 0. The quantitative estimate of drug-likeness (QED) is 0.817. The molecule has 8 nitrogen and oxygen atoms in total. The van der Waals surface area contributed by atoms with E-state index in [1.165, 1.54) is 9.25 Å². The lowest BCUT2D eigenvalue weighted by molar-refractivity contribution is 0.0908. The predicted octanol–water partition coefficient (Wildman–Crippen LogP) is 0.0502. The van der Waals surface area contributed by atoms with E-state index in [4.69, 9.17) is 0 Å². The van der Waals surface area contributed by atoms with Crippen LogP contribution in [0.25, 0.3) is 0 Å². The molecule has 8 heteroatoms. The molecule has 2 N–H and O–H groups in total. The van der Waals surface area contributed by atoms with Crippen molar-refractivity contribution in [2.75, 3.05) is 6.54 Å². The second-order valence-corrected chi connectivity index (χ2v) is 6.95. The SMILES string of the molecule is Cc1ccc(C(=O)NC[C@H]2C[C@H](c3nn(C)c(=O)n3C)C[C@H]2O)n1C. The lowest BCUT2D eigenvalue weighted by atomic mass is 10.0. The normalized spacial score (nSPS) is 23.2. The highest BCUT2D eigenvalue weighted by Gasteiger charge is 2.36. The van der Waals surface area contributed by atoms with E-state index in [1.807, 2.05) is 24.6 Å². The number of nitrogens with one attached hydrogen (secondary N) is 1. The molecule has 0 radical (unpaired) electrons. The van der Waals surface area contributed by atoms with Crippen molar-refractivity contribution in [1.29, 1.82) is 0 Å². The summed E-state index contributed by atoms with van der Waals surface area (Å²) in [6, 6.07) is 3.69. The minimum Gasteiger partial charge on any atom is -0.393 e. The Bertz CT molecular complexity index is 847. The molecule has 3 atom stereocenters. The van der Waals surface area contributed by atoms with Gasteiger partial charge in [-0.2, -0.15) is 5.10 Å². The molecule has 1 amide bonds. The first-order chi connectivity index (χ1) is 11.8. The minimum absolute atomic E-state index is 0.0214. The highest BCUT2D eigenvalue weighted by molar-refractivity contribution is 5.92. The van der Waals surface area contributed by atoms with Crippen molar-refractivity contribution in [2.24, 2.45) is 27.1 Å². The van der Waals surface area contributed by atoms with E-state index in [0.29, 0.717) is 30.9 Å². The number of aliphatic hydroxyl groups excluding tert-OH is 1. The van der Waals surface area contributed by atoms with Gasteiger partial charge in [0.25, 0.3) is 5.91 Å². The van der Waals surface area contributed by atoms with E-state index in [9.17, 15) is 14.7 Å². The van der Waals surface area contributed by atoms with Crippen molar-refractivity contribution in [3.8, 4) is 0 Å². The lowest BCUT2D eigenvalue weighted by Crippen LogP contribution is -2.33. The second-order valence-electron chi connectivity index (χ2n) is 6.95. The van der Waals surface area contributed by atoms with Crippen LogP contribution in [0.15, 0.2) is 16.9 Å². The van der Waals surface area contributed by atoms with Gasteiger partial charge in [-0.3, -0.25) is 9.36 Å². The molecular weight excluding hydrogens is 322 g/mol. The Kier molecular flexibility index (Phi) is 4.55. The number of amides is 1. The fourth-order valence-corrected chi connectivity index (χ4v) is 3.62. The third-order valence-electron chi connectivity index (χ3n) is 5.31. The molecule has 0 aliphatic heterocycles. The Hall–Kier alpha value is -2.35. The second kappa shape index (κ2) is 6.51. The van der Waals surface area contributed by atoms with Gasteiger partial charge < -0.3 is 15.0 Å². The molecule has 1 fully saturated rings. The van der Waals surface area contributed by atoms with Crippen LogP contribution in [0.5, 0.6) is 0 Å². The maximum absolute atomic E-state index is 12.3. The van der Waals surface area contributed by atoms with Gasteiger partial charge in [0, 0.05) is 45.2 Å². The standard InChI is InChI=1S/C17H25N5O3/c1-10-5-6-13(20(10)2)16(24)18-9-12-7-11(8-14(12)23)15-19-22(4)17(25)21(15)3/h5-6,11-12,14,23H,7-9H2,1-4H3,(H,18,24)/t11-,12+,14+/m0/s1. The van der Waals surface area contributed by atoms with E-state index in [-0.39, 0.29) is 23.4 Å². The van der Waals surface area contributed by atoms with E-state index >= 15 is 0 Å². The summed E-state index contributed by atoms with van der Waals surface area (Å²) in [5, 5.41) is 17.5. The zero-order valence-electron chi connectivity index (χ0n) is 15.1. The molecule has 3 rings (SSSR count). The fraction of sp³-hybridized carbons (Fsp3) is 0.588. The number of aromatic nitrogens is 4. The van der Waals surface area contributed by atoms with Gasteiger partial charge in [0.05, 0.1) is 6.10 Å². The zero-order valence-corrected chi connectivity index (χ0v) is 15.1. The Morgan fingerprint density at radius 2 is 2.00 bits per heavy atom. The lowest BCUT2D eigenvalue weighted by Gasteiger charge is -2.15. The molecule has 0 unspecified atom stereocenters. The third kappa shape index (κ3) is 3.13. The molecule has 136 valence electrons.